The number of rotatable bonds is 4. The third kappa shape index (κ3) is 3.33. The van der Waals surface area contributed by atoms with Crippen LogP contribution in [-0.4, -0.2) is 31.2 Å². The van der Waals surface area contributed by atoms with E-state index in [4.69, 9.17) is 28.9 Å². The second-order valence-electron chi connectivity index (χ2n) is 5.47. The van der Waals surface area contributed by atoms with Crippen molar-refractivity contribution >= 4 is 52.1 Å². The molecule has 8 nitrogen and oxygen atoms in total. The van der Waals surface area contributed by atoms with Crippen LogP contribution in [-0.2, 0) is 7.05 Å². The second kappa shape index (κ2) is 7.10. The van der Waals surface area contributed by atoms with E-state index < -0.39 is 12.1 Å². The Bertz CT molecular complexity index is 956. The van der Waals surface area contributed by atoms with Crippen molar-refractivity contribution in [3.05, 3.63) is 38.6 Å². The van der Waals surface area contributed by atoms with Crippen LogP contribution < -0.4 is 10.6 Å². The highest BCUT2D eigenvalue weighted by molar-refractivity contribution is 7.20. The number of carbonyl (C=O) groups is 1. The van der Waals surface area contributed by atoms with E-state index in [-0.39, 0.29) is 5.82 Å². The lowest BCUT2D eigenvalue weighted by molar-refractivity contribution is 0.199. The topological polar surface area (TPSA) is 110 Å². The molecule has 3 aromatic heterocycles. The van der Waals surface area contributed by atoms with Gasteiger partial charge in [0, 0.05) is 12.6 Å². The monoisotopic (exact) mass is 412 g/mol. The maximum Gasteiger partial charge on any atom is 0.413 e. The van der Waals surface area contributed by atoms with Gasteiger partial charge in [0.15, 0.2) is 11.5 Å². The zero-order valence-electron chi connectivity index (χ0n) is 13.7. The van der Waals surface area contributed by atoms with Crippen LogP contribution in [0.5, 0.6) is 0 Å². The Morgan fingerprint density at radius 1 is 1.42 bits per heavy atom. The fourth-order valence-corrected chi connectivity index (χ4v) is 4.18. The maximum atomic E-state index is 12.1. The van der Waals surface area contributed by atoms with E-state index in [0.717, 1.165) is 4.90 Å². The first-order valence-corrected chi connectivity index (χ1v) is 8.95. The summed E-state index contributed by atoms with van der Waals surface area (Å²) in [6.07, 6.45) is 0.288. The van der Waals surface area contributed by atoms with E-state index in [0.29, 0.717) is 31.3 Å². The molecule has 1 atom stereocenters. The van der Waals surface area contributed by atoms with Crippen LogP contribution in [0.2, 0.25) is 8.67 Å². The molecule has 0 spiro atoms. The fourth-order valence-electron chi connectivity index (χ4n) is 2.55. The van der Waals surface area contributed by atoms with Crippen molar-refractivity contribution in [2.75, 3.05) is 10.6 Å². The fraction of sp³-hybridized carbons (Fsp3) is 0.200. The van der Waals surface area contributed by atoms with Crippen LogP contribution in [0, 0.1) is 0 Å². The number of nitrogens with two attached hydrogens (primary N) is 1. The third-order valence-electron chi connectivity index (χ3n) is 3.78. The molecule has 1 amide bonds. The second-order valence-corrected chi connectivity index (χ2v) is 7.76. The third-order valence-corrected chi connectivity index (χ3v) is 5.30. The van der Waals surface area contributed by atoms with Gasteiger partial charge in [0.1, 0.15) is 0 Å². The first-order valence-electron chi connectivity index (χ1n) is 7.38. The molecule has 0 fully saturated rings. The highest BCUT2D eigenvalue weighted by atomic mass is 35.5. The quantitative estimate of drug-likeness (QED) is 0.667. The molecule has 3 N–H and O–H groups in total. The van der Waals surface area contributed by atoms with Crippen molar-refractivity contribution in [3.8, 4) is 11.4 Å². The SMILES string of the molecule is CC(c1cc(Cl)sc1Cl)N(C(=O)O)c1c(-c2ccc(N)cn2)nnn1C. The van der Waals surface area contributed by atoms with Crippen LogP contribution in [0.15, 0.2) is 24.4 Å². The average Bonchev–Trinajstić information content (AvgIpc) is 3.11. The lowest BCUT2D eigenvalue weighted by Crippen LogP contribution is -2.34. The van der Waals surface area contributed by atoms with Gasteiger partial charge in [-0.1, -0.05) is 28.4 Å². The molecule has 0 aliphatic heterocycles. The summed E-state index contributed by atoms with van der Waals surface area (Å²) in [4.78, 5) is 17.4. The van der Waals surface area contributed by atoms with Crippen LogP contribution in [0.4, 0.5) is 16.3 Å². The van der Waals surface area contributed by atoms with Gasteiger partial charge in [-0.2, -0.15) is 0 Å². The number of anilines is 2. The molecule has 0 bridgehead atoms. The van der Waals surface area contributed by atoms with Crippen molar-refractivity contribution in [1.82, 2.24) is 20.0 Å². The Morgan fingerprint density at radius 2 is 2.15 bits per heavy atom. The summed E-state index contributed by atoms with van der Waals surface area (Å²) in [7, 11) is 1.61. The summed E-state index contributed by atoms with van der Waals surface area (Å²) in [6, 6.07) is 4.35. The zero-order valence-corrected chi connectivity index (χ0v) is 16.0. The highest BCUT2D eigenvalue weighted by Crippen LogP contribution is 2.40. The standard InChI is InChI=1S/C15H14Cl2N6O2S/c1-7(9-5-11(16)26-13(9)17)23(15(24)25)14-12(20-21-22(14)2)10-4-3-8(18)6-19-10/h3-7H,18H2,1-2H3,(H,24,25). The van der Waals surface area contributed by atoms with Crippen molar-refractivity contribution in [2.24, 2.45) is 7.05 Å². The normalized spacial score (nSPS) is 12.2. The number of hydrogen-bond donors (Lipinski definition) is 2. The summed E-state index contributed by atoms with van der Waals surface area (Å²) in [5.74, 6) is 0.265. The number of hydrogen-bond acceptors (Lipinski definition) is 6. The summed E-state index contributed by atoms with van der Waals surface area (Å²) in [5.41, 5.74) is 7.52. The van der Waals surface area contributed by atoms with Crippen LogP contribution >= 0.6 is 34.5 Å². The van der Waals surface area contributed by atoms with E-state index in [9.17, 15) is 9.90 Å². The summed E-state index contributed by atoms with van der Waals surface area (Å²) < 4.78 is 2.28. The molecule has 11 heteroatoms. The molecular formula is C15H14Cl2N6O2S. The van der Waals surface area contributed by atoms with Crippen LogP contribution in [0.3, 0.4) is 0 Å². The number of amides is 1. The number of thiophene rings is 1. The van der Waals surface area contributed by atoms with Crippen molar-refractivity contribution in [2.45, 2.75) is 13.0 Å². The van der Waals surface area contributed by atoms with Gasteiger partial charge in [-0.15, -0.1) is 16.4 Å². The van der Waals surface area contributed by atoms with E-state index >= 15 is 0 Å². The molecule has 3 aromatic rings. The Hall–Kier alpha value is -2.36. The molecule has 26 heavy (non-hydrogen) atoms. The molecule has 0 aromatic carbocycles. The Balaban J connectivity index is 2.12. The first kappa shape index (κ1) is 18.4. The van der Waals surface area contributed by atoms with Crippen molar-refractivity contribution in [3.63, 3.8) is 0 Å². The number of aryl methyl sites for hydroxylation is 1. The molecule has 0 saturated heterocycles. The number of pyridine rings is 1. The van der Waals surface area contributed by atoms with Gasteiger partial charge in [0.05, 0.1) is 32.3 Å². The largest absolute Gasteiger partial charge is 0.465 e. The minimum atomic E-state index is -1.18. The molecular weight excluding hydrogens is 399 g/mol. The van der Waals surface area contributed by atoms with Gasteiger partial charge in [-0.3, -0.25) is 9.88 Å². The zero-order chi connectivity index (χ0) is 19.0. The maximum absolute atomic E-state index is 12.1. The van der Waals surface area contributed by atoms with Gasteiger partial charge in [-0.05, 0) is 25.1 Å². The minimum Gasteiger partial charge on any atom is -0.465 e. The van der Waals surface area contributed by atoms with Crippen LogP contribution in [0.1, 0.15) is 18.5 Å². The first-order chi connectivity index (χ1) is 12.3. The van der Waals surface area contributed by atoms with Crippen molar-refractivity contribution in [1.29, 1.82) is 0 Å². The van der Waals surface area contributed by atoms with Crippen molar-refractivity contribution < 1.29 is 9.90 Å². The molecule has 3 heterocycles. The molecule has 0 saturated carbocycles. The average molecular weight is 413 g/mol. The number of carboxylic acid groups (broad SMARTS) is 1. The summed E-state index contributed by atoms with van der Waals surface area (Å²) in [5, 5.41) is 17.9. The summed E-state index contributed by atoms with van der Waals surface area (Å²) >= 11 is 13.4. The Labute approximate surface area is 162 Å². The lowest BCUT2D eigenvalue weighted by atomic mass is 10.1. The number of nitrogens with zero attached hydrogens (tertiary/aromatic N) is 5. The minimum absolute atomic E-state index is 0.265. The smallest absolute Gasteiger partial charge is 0.413 e. The number of aromatic nitrogens is 4. The van der Waals surface area contributed by atoms with Gasteiger partial charge in [-0.25, -0.2) is 9.48 Å². The van der Waals surface area contributed by atoms with Gasteiger partial charge < -0.3 is 10.8 Å². The number of nitrogen functional groups attached to an aromatic ring is 1. The molecule has 0 radical (unpaired) electrons. The van der Waals surface area contributed by atoms with E-state index in [1.807, 2.05) is 0 Å². The molecule has 0 aliphatic rings. The van der Waals surface area contributed by atoms with Crippen LogP contribution in [0.25, 0.3) is 11.4 Å². The molecule has 0 aliphatic carbocycles. The Kier molecular flexibility index (Phi) is 5.03. The van der Waals surface area contributed by atoms with Gasteiger partial charge in [0.2, 0.25) is 0 Å². The molecule has 3 rings (SSSR count). The molecule has 1 unspecified atom stereocenters. The number of halogens is 2. The lowest BCUT2D eigenvalue weighted by Gasteiger charge is -2.26. The summed E-state index contributed by atoms with van der Waals surface area (Å²) in [6.45, 7) is 1.71. The van der Waals surface area contributed by atoms with Gasteiger partial charge >= 0.3 is 6.09 Å². The molecule has 136 valence electrons. The highest BCUT2D eigenvalue weighted by Gasteiger charge is 2.31. The Morgan fingerprint density at radius 3 is 2.69 bits per heavy atom. The predicted molar refractivity (Wildman–Crippen MR) is 102 cm³/mol. The predicted octanol–water partition coefficient (Wildman–Crippen LogP) is 4.07. The van der Waals surface area contributed by atoms with E-state index in [1.54, 1.807) is 32.2 Å². The van der Waals surface area contributed by atoms with Gasteiger partial charge in [0.25, 0.3) is 0 Å². The van der Waals surface area contributed by atoms with E-state index in [1.165, 1.54) is 22.2 Å². The van der Waals surface area contributed by atoms with E-state index in [2.05, 4.69) is 15.3 Å².